The highest BCUT2D eigenvalue weighted by atomic mass is 35.5. The van der Waals surface area contributed by atoms with Crippen molar-refractivity contribution >= 4 is 58.7 Å². The SMILES string of the molecule is N=Cc1cc(Nc2nc(NC3CC3)c3ncc(C=N)n3n2)c(Cl)c(N2CCN(C(=O)CC3CCOCC3)CC2)c1. The fourth-order valence-corrected chi connectivity index (χ4v) is 5.52. The summed E-state index contributed by atoms with van der Waals surface area (Å²) in [5.41, 5.74) is 3.13. The third-order valence-electron chi connectivity index (χ3n) is 7.72. The van der Waals surface area contributed by atoms with Crippen LogP contribution in [0.2, 0.25) is 5.02 Å². The summed E-state index contributed by atoms with van der Waals surface area (Å²) in [6.45, 7) is 4.03. The molecule has 0 atom stereocenters. The Morgan fingerprint density at radius 2 is 1.88 bits per heavy atom. The van der Waals surface area contributed by atoms with Gasteiger partial charge in [-0.3, -0.25) is 4.79 Å². The average Bonchev–Trinajstić information content (AvgIpc) is 3.70. The lowest BCUT2D eigenvalue weighted by Crippen LogP contribution is -2.49. The maximum atomic E-state index is 12.9. The number of aromatic nitrogens is 4. The quantitative estimate of drug-likeness (QED) is 0.288. The predicted molar refractivity (Wildman–Crippen MR) is 155 cm³/mol. The molecule has 3 aliphatic rings. The van der Waals surface area contributed by atoms with Gasteiger partial charge in [-0.25, -0.2) is 9.50 Å². The minimum Gasteiger partial charge on any atom is -0.381 e. The molecule has 6 rings (SSSR count). The zero-order chi connectivity index (χ0) is 27.6. The van der Waals surface area contributed by atoms with Gasteiger partial charge in [0.05, 0.1) is 22.6 Å². The Balaban J connectivity index is 1.21. The van der Waals surface area contributed by atoms with Gasteiger partial charge in [0.2, 0.25) is 11.9 Å². The van der Waals surface area contributed by atoms with E-state index in [0.29, 0.717) is 83.9 Å². The van der Waals surface area contributed by atoms with Gasteiger partial charge in [0.15, 0.2) is 11.5 Å². The van der Waals surface area contributed by atoms with Crippen LogP contribution in [-0.2, 0) is 9.53 Å². The highest BCUT2D eigenvalue weighted by Gasteiger charge is 2.27. The number of ether oxygens (including phenoxy) is 1. The van der Waals surface area contributed by atoms with E-state index in [1.54, 1.807) is 16.8 Å². The summed E-state index contributed by atoms with van der Waals surface area (Å²) in [6, 6.07) is 4.04. The molecule has 210 valence electrons. The Labute approximate surface area is 237 Å². The van der Waals surface area contributed by atoms with E-state index in [1.807, 2.05) is 11.0 Å². The van der Waals surface area contributed by atoms with Crippen LogP contribution < -0.4 is 15.5 Å². The number of amides is 1. The largest absolute Gasteiger partial charge is 0.381 e. The normalized spacial score (nSPS) is 18.1. The van der Waals surface area contributed by atoms with Crippen molar-refractivity contribution in [3.8, 4) is 0 Å². The van der Waals surface area contributed by atoms with Crippen molar-refractivity contribution in [3.63, 3.8) is 0 Å². The number of benzene rings is 1. The number of imidazole rings is 1. The Kier molecular flexibility index (Phi) is 7.53. The van der Waals surface area contributed by atoms with E-state index in [-0.39, 0.29) is 5.91 Å². The van der Waals surface area contributed by atoms with Gasteiger partial charge >= 0.3 is 0 Å². The van der Waals surface area contributed by atoms with E-state index in [9.17, 15) is 4.79 Å². The summed E-state index contributed by atoms with van der Waals surface area (Å²) in [7, 11) is 0. The maximum absolute atomic E-state index is 12.9. The molecule has 4 N–H and O–H groups in total. The van der Waals surface area contributed by atoms with Crippen molar-refractivity contribution in [3.05, 3.63) is 34.6 Å². The van der Waals surface area contributed by atoms with Crippen LogP contribution >= 0.6 is 11.6 Å². The Hall–Kier alpha value is -3.77. The molecule has 1 saturated carbocycles. The average molecular weight is 565 g/mol. The van der Waals surface area contributed by atoms with Gasteiger partial charge in [0.25, 0.3) is 0 Å². The lowest BCUT2D eigenvalue weighted by atomic mass is 9.96. The van der Waals surface area contributed by atoms with Gasteiger partial charge in [0.1, 0.15) is 5.69 Å². The zero-order valence-corrected chi connectivity index (χ0v) is 23.0. The number of nitrogens with zero attached hydrogens (tertiary/aromatic N) is 6. The molecular weight excluding hydrogens is 532 g/mol. The monoisotopic (exact) mass is 564 g/mol. The topological polar surface area (TPSA) is 148 Å². The number of hydrogen-bond acceptors (Lipinski definition) is 10. The first-order chi connectivity index (χ1) is 19.5. The van der Waals surface area contributed by atoms with Gasteiger partial charge in [-0.05, 0) is 49.3 Å². The second-order valence-corrected chi connectivity index (χ2v) is 10.9. The number of carbonyl (C=O) groups excluding carboxylic acids is 1. The molecular formula is C27H33ClN10O2. The fourth-order valence-electron chi connectivity index (χ4n) is 5.25. The molecule has 0 unspecified atom stereocenters. The summed E-state index contributed by atoms with van der Waals surface area (Å²) in [5.74, 6) is 1.51. The lowest BCUT2D eigenvalue weighted by molar-refractivity contribution is -0.133. The summed E-state index contributed by atoms with van der Waals surface area (Å²) in [6.07, 6.45) is 8.70. The highest BCUT2D eigenvalue weighted by molar-refractivity contribution is 6.36. The fraction of sp³-hybridized carbons (Fsp3) is 0.481. The van der Waals surface area contributed by atoms with Gasteiger partial charge in [0, 0.05) is 64.3 Å². The molecule has 12 nitrogen and oxygen atoms in total. The van der Waals surface area contributed by atoms with E-state index in [4.69, 9.17) is 27.2 Å². The number of fused-ring (bicyclic) bond motifs is 1. The van der Waals surface area contributed by atoms with Gasteiger partial charge in [-0.15, -0.1) is 5.10 Å². The second-order valence-electron chi connectivity index (χ2n) is 10.6. The van der Waals surface area contributed by atoms with Gasteiger partial charge in [-0.2, -0.15) is 4.98 Å². The molecule has 0 bridgehead atoms. The minimum atomic E-state index is 0.209. The van der Waals surface area contributed by atoms with Crippen LogP contribution in [0.3, 0.4) is 0 Å². The Morgan fingerprint density at radius 1 is 1.10 bits per heavy atom. The van der Waals surface area contributed by atoms with Crippen molar-refractivity contribution in [2.75, 3.05) is 54.9 Å². The van der Waals surface area contributed by atoms with Crippen LogP contribution in [-0.4, -0.2) is 88.3 Å². The molecule has 3 fully saturated rings. The van der Waals surface area contributed by atoms with E-state index < -0.39 is 0 Å². The summed E-state index contributed by atoms with van der Waals surface area (Å²) in [5, 5.41) is 27.3. The highest BCUT2D eigenvalue weighted by Crippen LogP contribution is 2.36. The summed E-state index contributed by atoms with van der Waals surface area (Å²) >= 11 is 6.94. The first-order valence-electron chi connectivity index (χ1n) is 13.8. The third kappa shape index (κ3) is 5.59. The molecule has 2 aromatic heterocycles. The smallest absolute Gasteiger partial charge is 0.247 e. The molecule has 1 aromatic carbocycles. The molecule has 40 heavy (non-hydrogen) atoms. The molecule has 1 aliphatic carbocycles. The molecule has 2 saturated heterocycles. The minimum absolute atomic E-state index is 0.209. The number of nitrogens with one attached hydrogen (secondary N) is 4. The first-order valence-corrected chi connectivity index (χ1v) is 14.1. The zero-order valence-electron chi connectivity index (χ0n) is 22.2. The molecule has 1 amide bonds. The van der Waals surface area contributed by atoms with Crippen LogP contribution in [0.5, 0.6) is 0 Å². The number of rotatable bonds is 9. The van der Waals surface area contributed by atoms with Crippen molar-refractivity contribution in [2.45, 2.75) is 38.1 Å². The van der Waals surface area contributed by atoms with Crippen LogP contribution in [0.25, 0.3) is 5.65 Å². The van der Waals surface area contributed by atoms with E-state index in [1.165, 1.54) is 12.4 Å². The van der Waals surface area contributed by atoms with Crippen molar-refractivity contribution in [1.29, 1.82) is 10.8 Å². The molecule has 0 radical (unpaired) electrons. The van der Waals surface area contributed by atoms with Crippen LogP contribution in [0.1, 0.15) is 43.4 Å². The number of piperazine rings is 1. The van der Waals surface area contributed by atoms with Crippen LogP contribution in [0.15, 0.2) is 18.3 Å². The molecule has 0 spiro atoms. The standard InChI is InChI=1S/C27H33ClN10O2/c28-24-21(33-27-34-25(32-19-1-2-19)26-31-16-20(15-30)38(26)35-27)11-18(14-29)12-22(24)36-5-7-37(8-6-36)23(39)13-17-3-9-40-10-4-17/h11-12,14-17,19,29-30H,1-10,13H2,(H2,32,33,34,35). The summed E-state index contributed by atoms with van der Waals surface area (Å²) < 4.78 is 7.01. The second kappa shape index (κ2) is 11.4. The van der Waals surface area contributed by atoms with Gasteiger partial charge < -0.3 is 36.0 Å². The number of hydrogen-bond donors (Lipinski definition) is 4. The van der Waals surface area contributed by atoms with Crippen molar-refractivity contribution in [2.24, 2.45) is 5.92 Å². The van der Waals surface area contributed by atoms with Crippen molar-refractivity contribution < 1.29 is 9.53 Å². The van der Waals surface area contributed by atoms with E-state index in [2.05, 4.69) is 30.6 Å². The Bertz CT molecular complexity index is 1420. The lowest BCUT2D eigenvalue weighted by Gasteiger charge is -2.37. The molecule has 13 heteroatoms. The Morgan fingerprint density at radius 3 is 2.58 bits per heavy atom. The number of anilines is 4. The van der Waals surface area contributed by atoms with Crippen LogP contribution in [0.4, 0.5) is 23.1 Å². The number of carbonyl (C=O) groups is 1. The van der Waals surface area contributed by atoms with Crippen molar-refractivity contribution in [1.82, 2.24) is 24.5 Å². The molecule has 2 aliphatic heterocycles. The maximum Gasteiger partial charge on any atom is 0.247 e. The van der Waals surface area contributed by atoms with E-state index in [0.717, 1.165) is 44.6 Å². The van der Waals surface area contributed by atoms with Crippen LogP contribution in [0, 0.1) is 16.7 Å². The molecule has 4 heterocycles. The first kappa shape index (κ1) is 26.5. The predicted octanol–water partition coefficient (Wildman–Crippen LogP) is 3.56. The summed E-state index contributed by atoms with van der Waals surface area (Å²) in [4.78, 5) is 26.1. The third-order valence-corrected chi connectivity index (χ3v) is 8.12. The van der Waals surface area contributed by atoms with Gasteiger partial charge in [-0.1, -0.05) is 11.6 Å². The van der Waals surface area contributed by atoms with E-state index >= 15 is 0 Å². The number of halogens is 1. The molecule has 3 aromatic rings.